The fourth-order valence-corrected chi connectivity index (χ4v) is 6.20. The predicted molar refractivity (Wildman–Crippen MR) is 136 cm³/mol. The summed E-state index contributed by atoms with van der Waals surface area (Å²) in [6.45, 7) is 5.20. The summed E-state index contributed by atoms with van der Waals surface area (Å²) in [5.74, 6) is -1.35. The number of benzene rings is 1. The van der Waals surface area contributed by atoms with Crippen molar-refractivity contribution in [3.8, 4) is 0 Å². The second kappa shape index (κ2) is 12.4. The van der Waals surface area contributed by atoms with Gasteiger partial charge in [0.25, 0.3) is 0 Å². The van der Waals surface area contributed by atoms with E-state index in [-0.39, 0.29) is 41.8 Å². The third-order valence-electron chi connectivity index (χ3n) is 6.61. The lowest BCUT2D eigenvalue weighted by Gasteiger charge is -2.38. The average Bonchev–Trinajstić information content (AvgIpc) is 2.79. The minimum absolute atomic E-state index is 0. The normalized spacial score (nSPS) is 22.4. The van der Waals surface area contributed by atoms with Crippen molar-refractivity contribution in [1.29, 1.82) is 5.41 Å². The molecule has 1 aromatic carbocycles. The van der Waals surface area contributed by atoms with Gasteiger partial charge in [0.2, 0.25) is 15.9 Å². The first kappa shape index (κ1) is 29.3. The van der Waals surface area contributed by atoms with Crippen molar-refractivity contribution in [3.63, 3.8) is 0 Å². The number of carbonyl (C=O) groups excluding carboxylic acids is 1. The molecule has 0 aromatic heterocycles. The number of amides is 1. The topological polar surface area (TPSA) is 209 Å². The number of nitrogens with two attached hydrogens (primary N) is 1. The molecule has 9 N–H and O–H groups in total. The number of likely N-dealkylation sites (tertiary alicyclic amines) is 1. The summed E-state index contributed by atoms with van der Waals surface area (Å²) in [5, 5.41) is 22.8. The molecule has 12 nitrogen and oxygen atoms in total. The van der Waals surface area contributed by atoms with E-state index in [1.54, 1.807) is 6.07 Å². The van der Waals surface area contributed by atoms with Crippen LogP contribution in [0.5, 0.6) is 0 Å². The third-order valence-corrected chi connectivity index (χ3v) is 8.13. The SMILES string of the molecule is C[C@@H]1CCN(C(=O)[C@H](CCCNC(=N)N)NS(=O)(=O)c2cccc3c2NC[C@H](C)C3)[C@@H](C(=O)O)C1.O. The van der Waals surface area contributed by atoms with Gasteiger partial charge in [-0.3, -0.25) is 10.2 Å². The molecular formula is C23H38N6O6S. The number of para-hydroxylation sites is 1. The van der Waals surface area contributed by atoms with E-state index in [9.17, 15) is 23.1 Å². The summed E-state index contributed by atoms with van der Waals surface area (Å²) in [5.41, 5.74) is 6.75. The Hall–Kier alpha value is -2.90. The van der Waals surface area contributed by atoms with Crippen molar-refractivity contribution in [2.75, 3.05) is 25.0 Å². The first-order chi connectivity index (χ1) is 16.5. The van der Waals surface area contributed by atoms with E-state index in [2.05, 4.69) is 22.3 Å². The summed E-state index contributed by atoms with van der Waals surface area (Å²) < 4.78 is 29.5. The highest BCUT2D eigenvalue weighted by atomic mass is 32.2. The molecule has 3 rings (SSSR count). The number of hydrogen-bond donors (Lipinski definition) is 6. The molecule has 1 amide bonds. The zero-order chi connectivity index (χ0) is 25.8. The zero-order valence-electron chi connectivity index (χ0n) is 20.7. The van der Waals surface area contributed by atoms with Gasteiger partial charge in [-0.2, -0.15) is 4.72 Å². The van der Waals surface area contributed by atoms with Crippen molar-refractivity contribution >= 4 is 33.5 Å². The molecule has 2 aliphatic rings. The molecule has 0 radical (unpaired) electrons. The Balaban J connectivity index is 0.00000456. The number of hydrogen-bond acceptors (Lipinski definition) is 6. The quantitative estimate of drug-likeness (QED) is 0.147. The number of sulfonamides is 1. The number of aliphatic carboxylic acids is 1. The minimum atomic E-state index is -4.10. The van der Waals surface area contributed by atoms with Crippen LogP contribution in [0.1, 0.15) is 45.1 Å². The average molecular weight is 527 g/mol. The number of carbonyl (C=O) groups is 2. The van der Waals surface area contributed by atoms with Gasteiger partial charge in [-0.1, -0.05) is 26.0 Å². The van der Waals surface area contributed by atoms with Crippen LogP contribution in [-0.2, 0) is 26.0 Å². The van der Waals surface area contributed by atoms with Gasteiger partial charge in [0.1, 0.15) is 17.0 Å². The summed E-state index contributed by atoms with van der Waals surface area (Å²) in [7, 11) is -4.10. The number of carboxylic acids is 1. The van der Waals surface area contributed by atoms with E-state index in [0.29, 0.717) is 37.4 Å². The van der Waals surface area contributed by atoms with Crippen molar-refractivity contribution in [1.82, 2.24) is 14.9 Å². The zero-order valence-corrected chi connectivity index (χ0v) is 21.5. The highest BCUT2D eigenvalue weighted by Crippen LogP contribution is 2.31. The van der Waals surface area contributed by atoms with Crippen LogP contribution in [0.25, 0.3) is 0 Å². The number of nitrogens with one attached hydrogen (secondary N) is 4. The molecule has 36 heavy (non-hydrogen) atoms. The van der Waals surface area contributed by atoms with Crippen LogP contribution >= 0.6 is 0 Å². The Morgan fingerprint density at radius 2 is 2.03 bits per heavy atom. The number of piperidine rings is 1. The first-order valence-electron chi connectivity index (χ1n) is 12.0. The number of fused-ring (bicyclic) bond motifs is 1. The van der Waals surface area contributed by atoms with Gasteiger partial charge in [-0.25, -0.2) is 13.2 Å². The molecule has 0 aliphatic carbocycles. The van der Waals surface area contributed by atoms with Gasteiger partial charge >= 0.3 is 5.97 Å². The molecule has 1 aromatic rings. The number of carboxylic acid groups (broad SMARTS) is 1. The maximum atomic E-state index is 13.5. The fraction of sp³-hybridized carbons (Fsp3) is 0.609. The predicted octanol–water partition coefficient (Wildman–Crippen LogP) is 0.0879. The summed E-state index contributed by atoms with van der Waals surface area (Å²) in [6.07, 6.45) is 2.19. The van der Waals surface area contributed by atoms with E-state index in [0.717, 1.165) is 12.0 Å². The smallest absolute Gasteiger partial charge is 0.326 e. The molecule has 2 aliphatic heterocycles. The van der Waals surface area contributed by atoms with Gasteiger partial charge in [-0.15, -0.1) is 0 Å². The van der Waals surface area contributed by atoms with Crippen LogP contribution < -0.4 is 21.1 Å². The highest BCUT2D eigenvalue weighted by molar-refractivity contribution is 7.89. The maximum Gasteiger partial charge on any atom is 0.326 e. The van der Waals surface area contributed by atoms with Gasteiger partial charge in [-0.05, 0) is 55.6 Å². The Labute approximate surface area is 211 Å². The van der Waals surface area contributed by atoms with E-state index in [1.165, 1.54) is 11.0 Å². The lowest BCUT2D eigenvalue weighted by Crippen LogP contribution is -2.56. The molecule has 2 heterocycles. The Morgan fingerprint density at radius 3 is 2.69 bits per heavy atom. The first-order valence-corrected chi connectivity index (χ1v) is 13.5. The number of anilines is 1. The third kappa shape index (κ3) is 7.08. The van der Waals surface area contributed by atoms with Crippen LogP contribution in [0.3, 0.4) is 0 Å². The second-order valence-electron chi connectivity index (χ2n) is 9.65. The molecule has 0 unspecified atom stereocenters. The van der Waals surface area contributed by atoms with E-state index in [4.69, 9.17) is 11.1 Å². The van der Waals surface area contributed by atoms with Crippen LogP contribution in [0.15, 0.2) is 23.1 Å². The van der Waals surface area contributed by atoms with Gasteiger partial charge in [0, 0.05) is 19.6 Å². The summed E-state index contributed by atoms with van der Waals surface area (Å²) in [6, 6.07) is 2.93. The maximum absolute atomic E-state index is 13.5. The minimum Gasteiger partial charge on any atom is -0.480 e. The molecule has 4 atom stereocenters. The van der Waals surface area contributed by atoms with Crippen molar-refractivity contribution < 1.29 is 28.6 Å². The standard InChI is InChI=1S/C23H36N6O5S.H2O/c1-14-8-10-29(18(12-14)22(31)32)21(30)17(6-4-9-26-23(24)25)28-35(33,34)19-7-3-5-16-11-15(2)13-27-20(16)19;/h3,5,7,14-15,17-18,27-28H,4,6,8-13H2,1-2H3,(H,31,32)(H4,24,25,26);1H2/t14-,15-,17+,18-;/m1./s1. The molecule has 13 heteroatoms. The fourth-order valence-electron chi connectivity index (χ4n) is 4.75. The van der Waals surface area contributed by atoms with Crippen molar-refractivity contribution in [3.05, 3.63) is 23.8 Å². The van der Waals surface area contributed by atoms with Gasteiger partial charge in [0.05, 0.1) is 5.69 Å². The van der Waals surface area contributed by atoms with Crippen molar-refractivity contribution in [2.24, 2.45) is 17.6 Å². The summed E-state index contributed by atoms with van der Waals surface area (Å²) >= 11 is 0. The van der Waals surface area contributed by atoms with Crippen LogP contribution in [-0.4, -0.2) is 73.5 Å². The lowest BCUT2D eigenvalue weighted by atomic mass is 9.91. The van der Waals surface area contributed by atoms with E-state index >= 15 is 0 Å². The Morgan fingerprint density at radius 1 is 1.31 bits per heavy atom. The highest BCUT2D eigenvalue weighted by Gasteiger charge is 2.39. The summed E-state index contributed by atoms with van der Waals surface area (Å²) in [4.78, 5) is 26.8. The molecule has 1 saturated heterocycles. The molecule has 0 saturated carbocycles. The van der Waals surface area contributed by atoms with Crippen molar-refractivity contribution in [2.45, 2.75) is 62.9 Å². The molecule has 0 bridgehead atoms. The van der Waals surface area contributed by atoms with Crippen LogP contribution in [0, 0.1) is 17.2 Å². The number of guanidine groups is 1. The van der Waals surface area contributed by atoms with E-state index < -0.39 is 34.0 Å². The molecule has 202 valence electrons. The number of rotatable bonds is 9. The van der Waals surface area contributed by atoms with Crippen LogP contribution in [0.2, 0.25) is 0 Å². The number of nitrogens with zero attached hydrogens (tertiary/aromatic N) is 1. The van der Waals surface area contributed by atoms with Gasteiger partial charge in [0.15, 0.2) is 5.96 Å². The van der Waals surface area contributed by atoms with E-state index in [1.807, 2.05) is 13.0 Å². The molecule has 0 spiro atoms. The largest absolute Gasteiger partial charge is 0.480 e. The lowest BCUT2D eigenvalue weighted by molar-refractivity contribution is -0.153. The molecular weight excluding hydrogens is 488 g/mol. The Kier molecular flexibility index (Phi) is 10.1. The second-order valence-corrected chi connectivity index (χ2v) is 11.3. The van der Waals surface area contributed by atoms with Gasteiger partial charge < -0.3 is 31.8 Å². The Bertz CT molecular complexity index is 1070. The van der Waals surface area contributed by atoms with Crippen LogP contribution in [0.4, 0.5) is 5.69 Å². The monoisotopic (exact) mass is 526 g/mol. The molecule has 1 fully saturated rings.